The molecule has 3 aromatic heterocycles. The number of fused-ring (bicyclic) bond motifs is 1. The molecule has 0 amide bonds. The fourth-order valence-electron chi connectivity index (χ4n) is 4.96. The van der Waals surface area contributed by atoms with E-state index < -0.39 is 6.04 Å². The number of nitrogens with one attached hydrogen (secondary N) is 1. The van der Waals surface area contributed by atoms with Crippen LogP contribution in [0.4, 0.5) is 0 Å². The monoisotopic (exact) mass is 540 g/mol. The van der Waals surface area contributed by atoms with E-state index in [4.69, 9.17) is 9.15 Å². The van der Waals surface area contributed by atoms with Crippen LogP contribution < -0.4 is 5.56 Å². The molecule has 2 aromatic carbocycles. The summed E-state index contributed by atoms with van der Waals surface area (Å²) in [6, 6.07) is 19.9. The van der Waals surface area contributed by atoms with Gasteiger partial charge in [0.1, 0.15) is 11.8 Å². The molecule has 0 aliphatic rings. The number of aromatic nitrogens is 5. The first-order chi connectivity index (χ1) is 19.2. The molecular formula is C31H36N6O3. The molecule has 0 radical (unpaired) electrons. The maximum atomic E-state index is 13.7. The first kappa shape index (κ1) is 27.5. The van der Waals surface area contributed by atoms with Crippen molar-refractivity contribution in [2.24, 2.45) is 0 Å². The zero-order valence-electron chi connectivity index (χ0n) is 23.7. The predicted octanol–water partition coefficient (Wildman–Crippen LogP) is 5.15. The molecule has 9 heteroatoms. The quantitative estimate of drug-likeness (QED) is 0.261. The third-order valence-electron chi connectivity index (χ3n) is 7.15. The zero-order chi connectivity index (χ0) is 28.3. The van der Waals surface area contributed by atoms with Crippen LogP contribution in [0.15, 0.2) is 76.1 Å². The normalized spacial score (nSPS) is 12.8. The summed E-state index contributed by atoms with van der Waals surface area (Å²) < 4.78 is 12.8. The second-order valence-corrected chi connectivity index (χ2v) is 11.2. The number of nitrogens with zero attached hydrogens (tertiary/aromatic N) is 5. The lowest BCUT2D eigenvalue weighted by molar-refractivity contribution is 0.163. The lowest BCUT2D eigenvalue weighted by Crippen LogP contribution is -2.35. The molecule has 0 aliphatic carbocycles. The summed E-state index contributed by atoms with van der Waals surface area (Å²) in [4.78, 5) is 19.0. The molecule has 0 aliphatic heterocycles. The average molecular weight is 541 g/mol. The largest absolute Gasteiger partial charge is 0.468 e. The summed E-state index contributed by atoms with van der Waals surface area (Å²) in [6.07, 6.45) is 1.66. The van der Waals surface area contributed by atoms with Crippen molar-refractivity contribution >= 4 is 10.9 Å². The Hall–Kier alpha value is -4.08. The molecule has 0 saturated carbocycles. The SMILES string of the molecule is COCCn1nnnc1[C@H](c1cc2ccc(C)cc2[nH]c1=O)N(Cc1ccc(C(C)(C)C)cc1)Cc1ccco1. The second-order valence-electron chi connectivity index (χ2n) is 11.2. The van der Waals surface area contributed by atoms with E-state index in [9.17, 15) is 4.79 Å². The molecule has 0 saturated heterocycles. The molecule has 5 aromatic rings. The van der Waals surface area contributed by atoms with E-state index in [1.807, 2.05) is 43.3 Å². The first-order valence-electron chi connectivity index (χ1n) is 13.5. The van der Waals surface area contributed by atoms with Gasteiger partial charge in [0.05, 0.1) is 26.0 Å². The molecule has 9 nitrogen and oxygen atoms in total. The van der Waals surface area contributed by atoms with Gasteiger partial charge in [-0.3, -0.25) is 9.69 Å². The van der Waals surface area contributed by atoms with Gasteiger partial charge in [0.15, 0.2) is 5.82 Å². The highest BCUT2D eigenvalue weighted by Crippen LogP contribution is 2.31. The number of pyridine rings is 1. The van der Waals surface area contributed by atoms with Gasteiger partial charge in [0, 0.05) is 24.7 Å². The van der Waals surface area contributed by atoms with Crippen molar-refractivity contribution in [2.75, 3.05) is 13.7 Å². The molecule has 1 N–H and O–H groups in total. The average Bonchev–Trinajstić information content (AvgIpc) is 3.60. The number of furan rings is 1. The van der Waals surface area contributed by atoms with E-state index in [0.29, 0.717) is 37.6 Å². The summed E-state index contributed by atoms with van der Waals surface area (Å²) in [7, 11) is 1.64. The fourth-order valence-corrected chi connectivity index (χ4v) is 4.96. The van der Waals surface area contributed by atoms with E-state index in [1.165, 1.54) is 5.56 Å². The number of rotatable bonds is 10. The lowest BCUT2D eigenvalue weighted by Gasteiger charge is -2.30. The molecule has 3 heterocycles. The number of benzene rings is 2. The minimum atomic E-state index is -0.561. The Labute approximate surface area is 233 Å². The van der Waals surface area contributed by atoms with Gasteiger partial charge in [-0.2, -0.15) is 0 Å². The van der Waals surface area contributed by atoms with E-state index >= 15 is 0 Å². The van der Waals surface area contributed by atoms with Crippen LogP contribution in [-0.2, 0) is 29.8 Å². The van der Waals surface area contributed by atoms with Gasteiger partial charge in [-0.15, -0.1) is 5.10 Å². The fraction of sp³-hybridized carbons (Fsp3) is 0.355. The Morgan fingerprint density at radius 2 is 1.88 bits per heavy atom. The number of ether oxygens (including phenoxy) is 1. The van der Waals surface area contributed by atoms with Gasteiger partial charge in [-0.05, 0) is 69.1 Å². The van der Waals surface area contributed by atoms with Crippen molar-refractivity contribution in [1.29, 1.82) is 0 Å². The van der Waals surface area contributed by atoms with Gasteiger partial charge in [0.25, 0.3) is 5.56 Å². The molecule has 208 valence electrons. The van der Waals surface area contributed by atoms with Gasteiger partial charge < -0.3 is 14.1 Å². The molecule has 0 fully saturated rings. The van der Waals surface area contributed by atoms with Crippen molar-refractivity contribution in [1.82, 2.24) is 30.1 Å². The van der Waals surface area contributed by atoms with Crippen LogP contribution in [0.25, 0.3) is 10.9 Å². The van der Waals surface area contributed by atoms with Crippen LogP contribution in [0.5, 0.6) is 0 Å². The smallest absolute Gasteiger partial charge is 0.253 e. The Balaban J connectivity index is 1.65. The second kappa shape index (κ2) is 11.6. The number of hydrogen-bond acceptors (Lipinski definition) is 7. The summed E-state index contributed by atoms with van der Waals surface area (Å²) in [5.41, 5.74) is 4.66. The van der Waals surface area contributed by atoms with Gasteiger partial charge >= 0.3 is 0 Å². The summed E-state index contributed by atoms with van der Waals surface area (Å²) in [5.74, 6) is 1.34. The van der Waals surface area contributed by atoms with Gasteiger partial charge in [0.2, 0.25) is 0 Å². The van der Waals surface area contributed by atoms with Crippen LogP contribution in [0.3, 0.4) is 0 Å². The van der Waals surface area contributed by atoms with Crippen LogP contribution in [-0.4, -0.2) is 43.8 Å². The van der Waals surface area contributed by atoms with Crippen molar-refractivity contribution in [3.8, 4) is 0 Å². The third kappa shape index (κ3) is 6.05. The van der Waals surface area contributed by atoms with E-state index in [-0.39, 0.29) is 11.0 Å². The highest BCUT2D eigenvalue weighted by molar-refractivity contribution is 5.79. The topological polar surface area (TPSA) is 102 Å². The van der Waals surface area contributed by atoms with Crippen molar-refractivity contribution in [3.05, 3.63) is 111 Å². The van der Waals surface area contributed by atoms with E-state index in [2.05, 4.69) is 70.4 Å². The van der Waals surface area contributed by atoms with Crippen molar-refractivity contribution in [3.63, 3.8) is 0 Å². The standard InChI is InChI=1S/C31H36N6O3/c1-21-8-11-23-18-26(30(38)32-27(23)17-21)28(29-33-34-35-37(29)14-16-39-5)36(20-25-7-6-15-40-25)19-22-9-12-24(13-10-22)31(2,3)4/h6-13,15,17-18,28H,14,16,19-20H2,1-5H3,(H,32,38)/t28-/m0/s1. The molecule has 40 heavy (non-hydrogen) atoms. The molecule has 1 atom stereocenters. The highest BCUT2D eigenvalue weighted by Gasteiger charge is 2.31. The first-order valence-corrected chi connectivity index (χ1v) is 13.5. The maximum absolute atomic E-state index is 13.7. The Kier molecular flexibility index (Phi) is 7.95. The number of H-pyrrole nitrogens is 1. The van der Waals surface area contributed by atoms with Crippen LogP contribution in [0, 0.1) is 6.92 Å². The minimum absolute atomic E-state index is 0.0507. The van der Waals surface area contributed by atoms with Gasteiger partial charge in [-0.1, -0.05) is 57.2 Å². The molecular weight excluding hydrogens is 504 g/mol. The summed E-state index contributed by atoms with van der Waals surface area (Å²) >= 11 is 0. The number of hydrogen-bond donors (Lipinski definition) is 1. The van der Waals surface area contributed by atoms with Crippen LogP contribution >= 0.6 is 0 Å². The molecule has 5 rings (SSSR count). The van der Waals surface area contributed by atoms with E-state index in [1.54, 1.807) is 18.1 Å². The lowest BCUT2D eigenvalue weighted by atomic mass is 9.86. The summed E-state index contributed by atoms with van der Waals surface area (Å²) in [6.45, 7) is 10.5. The zero-order valence-corrected chi connectivity index (χ0v) is 23.7. The Bertz CT molecular complexity index is 1610. The molecule has 0 spiro atoms. The predicted molar refractivity (Wildman–Crippen MR) is 154 cm³/mol. The minimum Gasteiger partial charge on any atom is -0.468 e. The van der Waals surface area contributed by atoms with Gasteiger partial charge in [-0.25, -0.2) is 4.68 Å². The molecule has 0 unspecified atom stereocenters. The maximum Gasteiger partial charge on any atom is 0.253 e. The number of methoxy groups -OCH3 is 1. The number of tetrazole rings is 1. The number of aromatic amines is 1. The third-order valence-corrected chi connectivity index (χ3v) is 7.15. The van der Waals surface area contributed by atoms with Crippen LogP contribution in [0.2, 0.25) is 0 Å². The Morgan fingerprint density at radius 1 is 1.07 bits per heavy atom. The van der Waals surface area contributed by atoms with Crippen molar-refractivity contribution in [2.45, 2.75) is 58.8 Å². The highest BCUT2D eigenvalue weighted by atomic mass is 16.5. The van der Waals surface area contributed by atoms with Crippen molar-refractivity contribution < 1.29 is 9.15 Å². The molecule has 0 bridgehead atoms. The Morgan fingerprint density at radius 3 is 2.58 bits per heavy atom. The summed E-state index contributed by atoms with van der Waals surface area (Å²) in [5, 5.41) is 13.6. The van der Waals surface area contributed by atoms with Crippen LogP contribution in [0.1, 0.15) is 60.7 Å². The van der Waals surface area contributed by atoms with E-state index in [0.717, 1.165) is 27.8 Å². The number of aryl methyl sites for hydroxylation is 1.